The third-order valence-corrected chi connectivity index (χ3v) is 7.77. The van der Waals surface area contributed by atoms with Gasteiger partial charge in [-0.2, -0.15) is 0 Å². The Morgan fingerprint density at radius 1 is 1.22 bits per heavy atom. The molecular formula is C22H34O. The number of rotatable bonds is 3. The summed E-state index contributed by atoms with van der Waals surface area (Å²) in [7, 11) is 0. The van der Waals surface area contributed by atoms with E-state index < -0.39 is 0 Å². The van der Waals surface area contributed by atoms with Gasteiger partial charge >= 0.3 is 0 Å². The molecule has 3 aliphatic carbocycles. The Balaban J connectivity index is 1.98. The van der Waals surface area contributed by atoms with Crippen LogP contribution in [0.15, 0.2) is 37.0 Å². The van der Waals surface area contributed by atoms with Crippen molar-refractivity contribution in [3.05, 3.63) is 37.0 Å². The van der Waals surface area contributed by atoms with Crippen molar-refractivity contribution in [1.29, 1.82) is 0 Å². The summed E-state index contributed by atoms with van der Waals surface area (Å²) in [6.45, 7) is 15.1. The van der Waals surface area contributed by atoms with Crippen LogP contribution in [-0.2, 0) is 0 Å². The molecule has 0 aromatic heterocycles. The lowest BCUT2D eigenvalue weighted by Crippen LogP contribution is -2.53. The molecule has 1 heteroatoms. The maximum atomic E-state index is 10.7. The van der Waals surface area contributed by atoms with Crippen LogP contribution in [0, 0.1) is 28.1 Å². The third kappa shape index (κ3) is 2.47. The molecule has 0 aliphatic heterocycles. The van der Waals surface area contributed by atoms with Crippen molar-refractivity contribution in [2.24, 2.45) is 28.1 Å². The minimum Gasteiger partial charge on any atom is -0.388 e. The maximum Gasteiger partial charge on any atom is 0.0774 e. The molecule has 0 heterocycles. The third-order valence-electron chi connectivity index (χ3n) is 7.77. The quantitative estimate of drug-likeness (QED) is 0.666. The van der Waals surface area contributed by atoms with Crippen molar-refractivity contribution in [1.82, 2.24) is 0 Å². The fraction of sp³-hybridized carbons (Fsp3) is 0.727. The van der Waals surface area contributed by atoms with E-state index in [2.05, 4.69) is 46.1 Å². The molecule has 1 nitrogen and oxygen atoms in total. The number of hydrogen-bond acceptors (Lipinski definition) is 1. The lowest BCUT2D eigenvalue weighted by molar-refractivity contribution is -0.0816. The lowest BCUT2D eigenvalue weighted by Gasteiger charge is -2.60. The first-order valence-corrected chi connectivity index (χ1v) is 9.44. The summed E-state index contributed by atoms with van der Waals surface area (Å²) in [6, 6.07) is 0. The van der Waals surface area contributed by atoms with Crippen LogP contribution < -0.4 is 0 Å². The average Bonchev–Trinajstić information content (AvgIpc) is 2.53. The van der Waals surface area contributed by atoms with Crippen LogP contribution in [0.1, 0.15) is 65.7 Å². The second kappa shape index (κ2) is 5.62. The molecule has 3 rings (SSSR count). The molecule has 6 unspecified atom stereocenters. The predicted octanol–water partition coefficient (Wildman–Crippen LogP) is 5.67. The molecule has 0 saturated heterocycles. The number of hydrogen-bond donors (Lipinski definition) is 1. The number of aliphatic hydroxyl groups is 1. The van der Waals surface area contributed by atoms with Gasteiger partial charge in [0.25, 0.3) is 0 Å². The van der Waals surface area contributed by atoms with E-state index in [-0.39, 0.29) is 22.3 Å². The average molecular weight is 315 g/mol. The number of fused-ring (bicyclic) bond motifs is 3. The van der Waals surface area contributed by atoms with Gasteiger partial charge < -0.3 is 5.11 Å². The zero-order valence-corrected chi connectivity index (χ0v) is 15.3. The van der Waals surface area contributed by atoms with Crippen LogP contribution >= 0.6 is 0 Å². The molecule has 0 bridgehead atoms. The molecule has 6 atom stereocenters. The molecule has 0 amide bonds. The molecule has 1 N–H and O–H groups in total. The Bertz CT molecular complexity index is 532. The summed E-state index contributed by atoms with van der Waals surface area (Å²) >= 11 is 0. The van der Waals surface area contributed by atoms with E-state index in [1.807, 2.05) is 0 Å². The second-order valence-electron chi connectivity index (χ2n) is 9.21. The van der Waals surface area contributed by atoms with Gasteiger partial charge in [0.05, 0.1) is 6.10 Å². The van der Waals surface area contributed by atoms with Gasteiger partial charge in [0, 0.05) is 5.41 Å². The number of allylic oxidation sites excluding steroid dienone is 3. The van der Waals surface area contributed by atoms with Crippen molar-refractivity contribution in [2.45, 2.75) is 71.8 Å². The van der Waals surface area contributed by atoms with Crippen molar-refractivity contribution < 1.29 is 5.11 Å². The molecule has 0 spiro atoms. The molecule has 23 heavy (non-hydrogen) atoms. The fourth-order valence-electron chi connectivity index (χ4n) is 6.29. The van der Waals surface area contributed by atoms with E-state index in [0.717, 1.165) is 18.8 Å². The highest BCUT2D eigenvalue weighted by Gasteiger charge is 2.56. The van der Waals surface area contributed by atoms with E-state index >= 15 is 0 Å². The van der Waals surface area contributed by atoms with Gasteiger partial charge in [-0.1, -0.05) is 51.0 Å². The smallest absolute Gasteiger partial charge is 0.0774 e. The summed E-state index contributed by atoms with van der Waals surface area (Å²) < 4.78 is 0. The van der Waals surface area contributed by atoms with Crippen molar-refractivity contribution >= 4 is 0 Å². The normalized spacial score (nSPS) is 47.7. The molecule has 0 aromatic carbocycles. The maximum absolute atomic E-state index is 10.7. The summed E-state index contributed by atoms with van der Waals surface area (Å²) in [5.74, 6) is 1.29. The lowest BCUT2D eigenvalue weighted by atomic mass is 9.45. The van der Waals surface area contributed by atoms with Gasteiger partial charge in [0.15, 0.2) is 0 Å². The first-order valence-electron chi connectivity index (χ1n) is 9.44. The first kappa shape index (κ1) is 17.0. The van der Waals surface area contributed by atoms with Crippen molar-refractivity contribution in [3.63, 3.8) is 0 Å². The van der Waals surface area contributed by atoms with Crippen molar-refractivity contribution in [3.8, 4) is 0 Å². The van der Waals surface area contributed by atoms with Crippen molar-refractivity contribution in [2.75, 3.05) is 0 Å². The highest BCUT2D eigenvalue weighted by molar-refractivity contribution is 5.29. The molecular weight excluding hydrogens is 280 g/mol. The topological polar surface area (TPSA) is 20.2 Å². The minimum absolute atomic E-state index is 0.0141. The van der Waals surface area contributed by atoms with Gasteiger partial charge in [-0.3, -0.25) is 0 Å². The molecule has 128 valence electrons. The Morgan fingerprint density at radius 2 is 1.96 bits per heavy atom. The summed E-state index contributed by atoms with van der Waals surface area (Å²) in [5.41, 5.74) is 2.23. The van der Waals surface area contributed by atoms with Crippen LogP contribution in [0.5, 0.6) is 0 Å². The van der Waals surface area contributed by atoms with Gasteiger partial charge in [-0.05, 0) is 61.2 Å². The van der Waals surface area contributed by atoms with Gasteiger partial charge in [0.1, 0.15) is 0 Å². The Labute approximate surface area is 142 Å². The standard InChI is InChI=1S/C22H34O/c1-6-19(23)22(5)13-8-12-21(4)17-11-14-20(3,7-2)15-16(17)9-10-18(21)22/h6-7,11,16,18-19,23H,1-2,8-10,12-15H2,3-5H3. The van der Waals surface area contributed by atoms with E-state index in [1.54, 1.807) is 11.6 Å². The Morgan fingerprint density at radius 3 is 2.61 bits per heavy atom. The Kier molecular flexibility index (Phi) is 4.16. The second-order valence-corrected chi connectivity index (χ2v) is 9.21. The van der Waals surface area contributed by atoms with Crippen LogP contribution in [0.3, 0.4) is 0 Å². The van der Waals surface area contributed by atoms with Gasteiger partial charge in [-0.25, -0.2) is 0 Å². The summed E-state index contributed by atoms with van der Waals surface area (Å²) in [6.07, 6.45) is 14.6. The number of aliphatic hydroxyl groups excluding tert-OH is 1. The SMILES string of the molecule is C=CC(O)C1(C)CCCC2(C)C3=CCC(C)(C=C)CC3CCC21. The summed E-state index contributed by atoms with van der Waals surface area (Å²) in [5, 5.41) is 10.7. The Hall–Kier alpha value is -0.820. The van der Waals surface area contributed by atoms with Crippen LogP contribution in [0.25, 0.3) is 0 Å². The first-order chi connectivity index (χ1) is 10.8. The monoisotopic (exact) mass is 314 g/mol. The zero-order chi connectivity index (χ0) is 16.9. The van der Waals surface area contributed by atoms with E-state index in [4.69, 9.17) is 0 Å². The van der Waals surface area contributed by atoms with E-state index in [9.17, 15) is 5.11 Å². The van der Waals surface area contributed by atoms with Crippen LogP contribution in [0.4, 0.5) is 0 Å². The van der Waals surface area contributed by atoms with E-state index in [1.165, 1.54) is 32.1 Å². The minimum atomic E-state index is -0.383. The molecule has 3 aliphatic rings. The summed E-state index contributed by atoms with van der Waals surface area (Å²) in [4.78, 5) is 0. The van der Waals surface area contributed by atoms with E-state index in [0.29, 0.717) is 5.92 Å². The van der Waals surface area contributed by atoms with Gasteiger partial charge in [0.2, 0.25) is 0 Å². The highest BCUT2D eigenvalue weighted by atomic mass is 16.3. The zero-order valence-electron chi connectivity index (χ0n) is 15.3. The molecule has 0 radical (unpaired) electrons. The molecule has 2 fully saturated rings. The van der Waals surface area contributed by atoms with Crippen LogP contribution in [0.2, 0.25) is 0 Å². The predicted molar refractivity (Wildman–Crippen MR) is 98.1 cm³/mol. The van der Waals surface area contributed by atoms with Gasteiger partial charge in [-0.15, -0.1) is 13.2 Å². The highest BCUT2D eigenvalue weighted by Crippen LogP contribution is 2.64. The largest absolute Gasteiger partial charge is 0.388 e. The van der Waals surface area contributed by atoms with Crippen LogP contribution in [-0.4, -0.2) is 11.2 Å². The molecule has 2 saturated carbocycles. The fourth-order valence-corrected chi connectivity index (χ4v) is 6.29. The molecule has 0 aromatic rings.